The molecular formula is C15H26N2O5. The molecule has 7 nitrogen and oxygen atoms in total. The Morgan fingerprint density at radius 1 is 1.45 bits per heavy atom. The summed E-state index contributed by atoms with van der Waals surface area (Å²) in [6.45, 7) is 9.55. The van der Waals surface area contributed by atoms with Crippen LogP contribution >= 0.6 is 0 Å². The van der Waals surface area contributed by atoms with Crippen LogP contribution in [0.2, 0.25) is 0 Å². The molecule has 0 radical (unpaired) electrons. The number of amides is 2. The molecule has 1 aliphatic heterocycles. The van der Waals surface area contributed by atoms with Gasteiger partial charge in [-0.05, 0) is 33.6 Å². The number of carbonyl (C=O) groups excluding carboxylic acids is 2. The fraction of sp³-hybridized carbons (Fsp3) is 0.733. The third kappa shape index (κ3) is 6.80. The molecule has 22 heavy (non-hydrogen) atoms. The summed E-state index contributed by atoms with van der Waals surface area (Å²) < 4.78 is 10.2. The lowest BCUT2D eigenvalue weighted by molar-refractivity contribution is 0.0173. The van der Waals surface area contributed by atoms with E-state index in [1.165, 1.54) is 11.0 Å². The predicted molar refractivity (Wildman–Crippen MR) is 81.5 cm³/mol. The van der Waals surface area contributed by atoms with Gasteiger partial charge in [0.2, 0.25) is 0 Å². The number of nitrogens with zero attached hydrogens (tertiary/aromatic N) is 1. The van der Waals surface area contributed by atoms with Gasteiger partial charge in [0.25, 0.3) is 0 Å². The van der Waals surface area contributed by atoms with E-state index in [4.69, 9.17) is 9.47 Å². The molecule has 2 atom stereocenters. The number of carbonyl (C=O) groups is 2. The number of hydrogen-bond donors (Lipinski definition) is 2. The van der Waals surface area contributed by atoms with Gasteiger partial charge in [0.15, 0.2) is 0 Å². The second-order valence-electron chi connectivity index (χ2n) is 6.33. The van der Waals surface area contributed by atoms with E-state index in [1.54, 1.807) is 20.8 Å². The largest absolute Gasteiger partial charge is 0.445 e. The standard InChI is InChI=1S/C15H26N2O5/c1-5-8-21-13(19)16-11-6-7-17(10-12(18)9-11)14(20)22-15(2,3)4/h5,11-12,18H,1,6-10H2,2-4H3,(H,16,19)/t11-,12-/m0/s1. The van der Waals surface area contributed by atoms with Crippen LogP contribution in [0.3, 0.4) is 0 Å². The summed E-state index contributed by atoms with van der Waals surface area (Å²) in [5.74, 6) is 0. The van der Waals surface area contributed by atoms with Crippen LogP contribution in [-0.2, 0) is 9.47 Å². The monoisotopic (exact) mass is 314 g/mol. The third-order valence-corrected chi connectivity index (χ3v) is 3.04. The minimum atomic E-state index is -0.722. The Labute approximate surface area is 131 Å². The summed E-state index contributed by atoms with van der Waals surface area (Å²) in [6.07, 6.45) is 0.636. The van der Waals surface area contributed by atoms with Gasteiger partial charge in [-0.2, -0.15) is 0 Å². The number of alkyl carbamates (subject to hydrolysis) is 1. The highest BCUT2D eigenvalue weighted by atomic mass is 16.6. The zero-order valence-electron chi connectivity index (χ0n) is 13.5. The summed E-state index contributed by atoms with van der Waals surface area (Å²) in [5.41, 5.74) is -0.583. The topological polar surface area (TPSA) is 88.1 Å². The van der Waals surface area contributed by atoms with Crippen LogP contribution in [0.5, 0.6) is 0 Å². The van der Waals surface area contributed by atoms with Gasteiger partial charge in [0.1, 0.15) is 12.2 Å². The lowest BCUT2D eigenvalue weighted by Gasteiger charge is -2.27. The summed E-state index contributed by atoms with van der Waals surface area (Å²) in [6, 6.07) is -0.250. The SMILES string of the molecule is C=CCOC(=O)N[C@H]1CCN(C(=O)OC(C)(C)C)C[C@@H](O)C1. The Morgan fingerprint density at radius 2 is 2.14 bits per heavy atom. The number of β-amino-alcohol motifs (C(OH)–C–C–N with tert-alkyl or cyclic N) is 1. The van der Waals surface area contributed by atoms with Gasteiger partial charge in [0, 0.05) is 19.1 Å². The Morgan fingerprint density at radius 3 is 2.73 bits per heavy atom. The average Bonchev–Trinajstić information content (AvgIpc) is 2.56. The molecule has 2 amide bonds. The molecule has 1 rings (SSSR count). The highest BCUT2D eigenvalue weighted by Crippen LogP contribution is 2.16. The third-order valence-electron chi connectivity index (χ3n) is 3.04. The smallest absolute Gasteiger partial charge is 0.410 e. The lowest BCUT2D eigenvalue weighted by atomic mass is 10.1. The number of likely N-dealkylation sites (tertiary alicyclic amines) is 1. The van der Waals surface area contributed by atoms with Crippen molar-refractivity contribution in [3.63, 3.8) is 0 Å². The second kappa shape index (κ2) is 8.03. The number of nitrogens with one attached hydrogen (secondary N) is 1. The minimum Gasteiger partial charge on any atom is -0.445 e. The molecule has 0 aliphatic carbocycles. The number of aliphatic hydroxyl groups excluding tert-OH is 1. The maximum atomic E-state index is 12.1. The Balaban J connectivity index is 2.53. The van der Waals surface area contributed by atoms with E-state index in [1.807, 2.05) is 0 Å². The Bertz CT molecular complexity index is 405. The van der Waals surface area contributed by atoms with Crippen molar-refractivity contribution >= 4 is 12.2 Å². The van der Waals surface area contributed by atoms with Crippen LogP contribution in [0, 0.1) is 0 Å². The van der Waals surface area contributed by atoms with Gasteiger partial charge in [0.05, 0.1) is 6.10 Å². The van der Waals surface area contributed by atoms with E-state index >= 15 is 0 Å². The number of rotatable bonds is 3. The predicted octanol–water partition coefficient (Wildman–Crippen LogP) is 1.66. The van der Waals surface area contributed by atoms with Crippen molar-refractivity contribution in [1.82, 2.24) is 10.2 Å². The van der Waals surface area contributed by atoms with Crippen molar-refractivity contribution in [2.24, 2.45) is 0 Å². The Kier molecular flexibility index (Phi) is 6.67. The fourth-order valence-electron chi connectivity index (χ4n) is 2.14. The molecule has 0 bridgehead atoms. The van der Waals surface area contributed by atoms with Gasteiger partial charge in [-0.3, -0.25) is 0 Å². The van der Waals surface area contributed by atoms with Gasteiger partial charge >= 0.3 is 12.2 Å². The molecule has 126 valence electrons. The summed E-state index contributed by atoms with van der Waals surface area (Å²) >= 11 is 0. The maximum Gasteiger partial charge on any atom is 0.410 e. The first kappa shape index (κ1) is 18.3. The first-order chi connectivity index (χ1) is 10.2. The minimum absolute atomic E-state index is 0.130. The molecule has 1 fully saturated rings. The first-order valence-electron chi connectivity index (χ1n) is 7.41. The van der Waals surface area contributed by atoms with Crippen molar-refractivity contribution < 1.29 is 24.2 Å². The number of ether oxygens (including phenoxy) is 2. The molecule has 1 aliphatic rings. The second-order valence-corrected chi connectivity index (χ2v) is 6.33. The van der Waals surface area contributed by atoms with Gasteiger partial charge in [-0.1, -0.05) is 12.7 Å². The van der Waals surface area contributed by atoms with E-state index in [-0.39, 0.29) is 19.2 Å². The molecule has 0 spiro atoms. The van der Waals surface area contributed by atoms with Gasteiger partial charge in [-0.25, -0.2) is 9.59 Å². The van der Waals surface area contributed by atoms with Crippen molar-refractivity contribution in [3.8, 4) is 0 Å². The van der Waals surface area contributed by atoms with Crippen LogP contribution < -0.4 is 5.32 Å². The van der Waals surface area contributed by atoms with Crippen LogP contribution in [0.4, 0.5) is 9.59 Å². The Hall–Kier alpha value is -1.76. The van der Waals surface area contributed by atoms with E-state index < -0.39 is 23.9 Å². The van der Waals surface area contributed by atoms with Crippen molar-refractivity contribution in [2.45, 2.75) is 51.4 Å². The van der Waals surface area contributed by atoms with Crippen molar-refractivity contribution in [2.75, 3.05) is 19.7 Å². The molecule has 0 unspecified atom stereocenters. The van der Waals surface area contributed by atoms with Crippen molar-refractivity contribution in [3.05, 3.63) is 12.7 Å². The molecule has 1 heterocycles. The van der Waals surface area contributed by atoms with E-state index in [9.17, 15) is 14.7 Å². The lowest BCUT2D eigenvalue weighted by Crippen LogP contribution is -2.40. The average molecular weight is 314 g/mol. The summed E-state index contributed by atoms with van der Waals surface area (Å²) in [5, 5.41) is 12.7. The van der Waals surface area contributed by atoms with Crippen LogP contribution in [0.25, 0.3) is 0 Å². The molecule has 7 heteroatoms. The number of hydrogen-bond acceptors (Lipinski definition) is 5. The molecule has 2 N–H and O–H groups in total. The van der Waals surface area contributed by atoms with Gasteiger partial charge in [-0.15, -0.1) is 0 Å². The zero-order chi connectivity index (χ0) is 16.8. The van der Waals surface area contributed by atoms with E-state index in [2.05, 4.69) is 11.9 Å². The molecular weight excluding hydrogens is 288 g/mol. The number of aliphatic hydroxyl groups is 1. The normalized spacial score (nSPS) is 22.5. The zero-order valence-corrected chi connectivity index (χ0v) is 13.5. The molecule has 0 aromatic rings. The molecule has 0 aromatic heterocycles. The van der Waals surface area contributed by atoms with Gasteiger partial charge < -0.3 is 24.8 Å². The highest BCUT2D eigenvalue weighted by Gasteiger charge is 2.29. The summed E-state index contributed by atoms with van der Waals surface area (Å²) in [4.78, 5) is 25.0. The quantitative estimate of drug-likeness (QED) is 0.774. The summed E-state index contributed by atoms with van der Waals surface area (Å²) in [7, 11) is 0. The van der Waals surface area contributed by atoms with E-state index in [0.29, 0.717) is 19.4 Å². The van der Waals surface area contributed by atoms with Crippen LogP contribution in [0.15, 0.2) is 12.7 Å². The van der Waals surface area contributed by atoms with E-state index in [0.717, 1.165) is 0 Å². The van der Waals surface area contributed by atoms with Crippen LogP contribution in [0.1, 0.15) is 33.6 Å². The first-order valence-corrected chi connectivity index (χ1v) is 7.41. The molecule has 1 saturated heterocycles. The van der Waals surface area contributed by atoms with Crippen LogP contribution in [-0.4, -0.2) is 59.6 Å². The molecule has 0 aromatic carbocycles. The fourth-order valence-corrected chi connectivity index (χ4v) is 2.14. The van der Waals surface area contributed by atoms with Crippen molar-refractivity contribution in [1.29, 1.82) is 0 Å². The molecule has 0 saturated carbocycles. The maximum absolute atomic E-state index is 12.1. The highest BCUT2D eigenvalue weighted by molar-refractivity contribution is 5.69.